The number of rotatable bonds is 6. The molecule has 0 aliphatic rings. The van der Waals surface area contributed by atoms with Crippen molar-refractivity contribution in [1.82, 2.24) is 9.97 Å². The quantitative estimate of drug-likeness (QED) is 0.844. The maximum absolute atomic E-state index is 9.02. The zero-order valence-electron chi connectivity index (χ0n) is 9.65. The van der Waals surface area contributed by atoms with Crippen molar-refractivity contribution >= 4 is 21.9 Å². The Kier molecular flexibility index (Phi) is 5.69. The second kappa shape index (κ2) is 6.81. The van der Waals surface area contributed by atoms with Crippen LogP contribution >= 0.6 is 15.9 Å². The van der Waals surface area contributed by atoms with Gasteiger partial charge in [-0.2, -0.15) is 0 Å². The predicted molar refractivity (Wildman–Crippen MR) is 68.3 cm³/mol. The topological polar surface area (TPSA) is 58.0 Å². The lowest BCUT2D eigenvalue weighted by atomic mass is 10.0. The third-order valence-corrected chi connectivity index (χ3v) is 2.85. The lowest BCUT2D eigenvalue weighted by Gasteiger charge is -2.19. The van der Waals surface area contributed by atoms with E-state index in [1.54, 1.807) is 12.4 Å². The molecular formula is C11H18BrN3O. The van der Waals surface area contributed by atoms with Crippen molar-refractivity contribution in [3.63, 3.8) is 0 Å². The van der Waals surface area contributed by atoms with E-state index in [4.69, 9.17) is 5.11 Å². The van der Waals surface area contributed by atoms with Gasteiger partial charge < -0.3 is 10.4 Å². The van der Waals surface area contributed by atoms with E-state index in [2.05, 4.69) is 38.1 Å². The summed E-state index contributed by atoms with van der Waals surface area (Å²) in [6, 6.07) is 0.309. The van der Waals surface area contributed by atoms with Crippen LogP contribution in [0.1, 0.15) is 26.7 Å². The molecule has 1 rings (SSSR count). The smallest absolute Gasteiger partial charge is 0.222 e. The fourth-order valence-electron chi connectivity index (χ4n) is 1.46. The molecule has 1 aromatic heterocycles. The predicted octanol–water partition coefficient (Wildman–Crippen LogP) is 2.45. The molecule has 0 aromatic carbocycles. The Hall–Kier alpha value is -0.680. The summed E-state index contributed by atoms with van der Waals surface area (Å²) in [6.45, 7) is 4.37. The van der Waals surface area contributed by atoms with Crippen LogP contribution in [-0.4, -0.2) is 27.7 Å². The van der Waals surface area contributed by atoms with Crippen molar-refractivity contribution in [3.05, 3.63) is 16.9 Å². The minimum atomic E-state index is 0.222. The molecular weight excluding hydrogens is 270 g/mol. The van der Waals surface area contributed by atoms with Crippen molar-refractivity contribution in [2.45, 2.75) is 32.7 Å². The molecule has 0 saturated heterocycles. The summed E-state index contributed by atoms with van der Waals surface area (Å²) >= 11 is 3.29. The molecule has 5 heteroatoms. The Labute approximate surface area is 105 Å². The second-order valence-electron chi connectivity index (χ2n) is 4.00. The van der Waals surface area contributed by atoms with Gasteiger partial charge in [0.2, 0.25) is 5.95 Å². The molecule has 0 saturated carbocycles. The van der Waals surface area contributed by atoms with E-state index in [9.17, 15) is 0 Å². The summed E-state index contributed by atoms with van der Waals surface area (Å²) in [4.78, 5) is 8.34. The van der Waals surface area contributed by atoms with Gasteiger partial charge >= 0.3 is 0 Å². The Morgan fingerprint density at radius 1 is 1.44 bits per heavy atom. The first-order valence-electron chi connectivity index (χ1n) is 5.50. The maximum atomic E-state index is 9.02. The lowest BCUT2D eigenvalue weighted by molar-refractivity contribution is 0.224. The molecule has 2 atom stereocenters. The third-order valence-electron chi connectivity index (χ3n) is 2.44. The molecule has 0 spiro atoms. The Balaban J connectivity index is 2.52. The summed E-state index contributed by atoms with van der Waals surface area (Å²) < 4.78 is 0.870. The number of halogens is 1. The van der Waals surface area contributed by atoms with Gasteiger partial charge in [0, 0.05) is 25.0 Å². The molecule has 2 N–H and O–H groups in total. The molecule has 0 fully saturated rings. The van der Waals surface area contributed by atoms with Crippen LogP contribution in [0.25, 0.3) is 0 Å². The van der Waals surface area contributed by atoms with Crippen LogP contribution in [0.3, 0.4) is 0 Å². The fraction of sp³-hybridized carbons (Fsp3) is 0.636. The molecule has 0 unspecified atom stereocenters. The van der Waals surface area contributed by atoms with E-state index in [0.29, 0.717) is 17.9 Å². The highest BCUT2D eigenvalue weighted by atomic mass is 79.9. The van der Waals surface area contributed by atoms with Gasteiger partial charge in [-0.05, 0) is 34.7 Å². The molecule has 0 bridgehead atoms. The van der Waals surface area contributed by atoms with Crippen molar-refractivity contribution in [1.29, 1.82) is 0 Å². The number of aliphatic hydroxyl groups is 1. The SMILES string of the molecule is CC[C@H](C[C@H](C)CO)Nc1ncc(Br)cn1. The zero-order valence-corrected chi connectivity index (χ0v) is 11.2. The van der Waals surface area contributed by atoms with Crippen LogP contribution in [0.2, 0.25) is 0 Å². The summed E-state index contributed by atoms with van der Waals surface area (Å²) in [5.74, 6) is 0.938. The van der Waals surface area contributed by atoms with E-state index in [0.717, 1.165) is 17.3 Å². The number of nitrogens with one attached hydrogen (secondary N) is 1. The summed E-state index contributed by atoms with van der Waals surface area (Å²) in [6.07, 6.45) is 5.35. The van der Waals surface area contributed by atoms with E-state index in [1.807, 2.05) is 6.92 Å². The molecule has 0 aliphatic carbocycles. The highest BCUT2D eigenvalue weighted by Crippen LogP contribution is 2.13. The first-order chi connectivity index (χ1) is 7.65. The summed E-state index contributed by atoms with van der Waals surface area (Å²) in [7, 11) is 0. The first-order valence-corrected chi connectivity index (χ1v) is 6.30. The van der Waals surface area contributed by atoms with Crippen LogP contribution < -0.4 is 5.32 Å². The van der Waals surface area contributed by atoms with Crippen LogP contribution in [0.15, 0.2) is 16.9 Å². The largest absolute Gasteiger partial charge is 0.396 e. The molecule has 0 aliphatic heterocycles. The van der Waals surface area contributed by atoms with Gasteiger partial charge in [0.05, 0.1) is 4.47 Å². The summed E-state index contributed by atoms with van der Waals surface area (Å²) in [5.41, 5.74) is 0. The Morgan fingerprint density at radius 3 is 2.56 bits per heavy atom. The van der Waals surface area contributed by atoms with E-state index < -0.39 is 0 Å². The number of hydrogen-bond donors (Lipinski definition) is 2. The highest BCUT2D eigenvalue weighted by molar-refractivity contribution is 9.10. The number of nitrogens with zero attached hydrogens (tertiary/aromatic N) is 2. The normalized spacial score (nSPS) is 14.5. The third kappa shape index (κ3) is 4.45. The van der Waals surface area contributed by atoms with Crippen LogP contribution in [0, 0.1) is 5.92 Å². The van der Waals surface area contributed by atoms with Crippen molar-refractivity contribution in [3.8, 4) is 0 Å². The van der Waals surface area contributed by atoms with Gasteiger partial charge in [-0.1, -0.05) is 13.8 Å². The van der Waals surface area contributed by atoms with Gasteiger partial charge in [0.15, 0.2) is 0 Å². The zero-order chi connectivity index (χ0) is 12.0. The van der Waals surface area contributed by atoms with E-state index >= 15 is 0 Å². The number of anilines is 1. The molecule has 1 aromatic rings. The fourth-order valence-corrected chi connectivity index (χ4v) is 1.66. The average Bonchev–Trinajstić information content (AvgIpc) is 2.30. The minimum absolute atomic E-state index is 0.222. The van der Waals surface area contributed by atoms with Crippen LogP contribution in [0.4, 0.5) is 5.95 Å². The highest BCUT2D eigenvalue weighted by Gasteiger charge is 2.11. The van der Waals surface area contributed by atoms with Gasteiger partial charge in [-0.25, -0.2) is 9.97 Å². The van der Waals surface area contributed by atoms with Crippen molar-refractivity contribution in [2.24, 2.45) is 5.92 Å². The second-order valence-corrected chi connectivity index (χ2v) is 4.91. The molecule has 16 heavy (non-hydrogen) atoms. The Morgan fingerprint density at radius 2 is 2.06 bits per heavy atom. The monoisotopic (exact) mass is 287 g/mol. The standard InChI is InChI=1S/C11H18BrN3O/c1-3-10(4-8(2)7-16)15-11-13-5-9(12)6-14-11/h5-6,8,10,16H,3-4,7H2,1-2H3,(H,13,14,15)/t8-,10+/m0/s1. The summed E-state index contributed by atoms with van der Waals surface area (Å²) in [5, 5.41) is 12.3. The molecule has 1 heterocycles. The van der Waals surface area contributed by atoms with Gasteiger partial charge in [-0.3, -0.25) is 0 Å². The maximum Gasteiger partial charge on any atom is 0.222 e. The number of aliphatic hydroxyl groups excluding tert-OH is 1. The average molecular weight is 288 g/mol. The molecule has 90 valence electrons. The van der Waals surface area contributed by atoms with Gasteiger partial charge in [-0.15, -0.1) is 0 Å². The first kappa shape index (κ1) is 13.4. The lowest BCUT2D eigenvalue weighted by Crippen LogP contribution is -2.23. The van der Waals surface area contributed by atoms with E-state index in [1.165, 1.54) is 0 Å². The minimum Gasteiger partial charge on any atom is -0.396 e. The van der Waals surface area contributed by atoms with Crippen molar-refractivity contribution < 1.29 is 5.11 Å². The van der Waals surface area contributed by atoms with Gasteiger partial charge in [0.25, 0.3) is 0 Å². The number of hydrogen-bond acceptors (Lipinski definition) is 4. The van der Waals surface area contributed by atoms with E-state index in [-0.39, 0.29) is 6.61 Å². The molecule has 0 radical (unpaired) electrons. The molecule has 0 amide bonds. The van der Waals surface area contributed by atoms with Crippen molar-refractivity contribution in [2.75, 3.05) is 11.9 Å². The number of aromatic nitrogens is 2. The molecule has 4 nitrogen and oxygen atoms in total. The Bertz CT molecular complexity index is 305. The van der Waals surface area contributed by atoms with Gasteiger partial charge in [0.1, 0.15) is 0 Å². The van der Waals surface area contributed by atoms with Crippen LogP contribution in [0.5, 0.6) is 0 Å². The van der Waals surface area contributed by atoms with Crippen LogP contribution in [-0.2, 0) is 0 Å².